The lowest BCUT2D eigenvalue weighted by molar-refractivity contribution is 0.103. The van der Waals surface area contributed by atoms with Crippen LogP contribution in [0.3, 0.4) is 0 Å². The number of benzene rings is 1. The van der Waals surface area contributed by atoms with Crippen LogP contribution in [-0.4, -0.2) is 29.1 Å². The SMILES string of the molecule is C[C@@H]1CCN(C(=O)OCc2cnc3ccccc3c2)C1. The maximum Gasteiger partial charge on any atom is 0.410 e. The zero-order chi connectivity index (χ0) is 13.9. The van der Waals surface area contributed by atoms with Crippen LogP contribution in [0.2, 0.25) is 0 Å². The molecule has 4 nitrogen and oxygen atoms in total. The molecule has 2 aromatic rings. The standard InChI is InChI=1S/C16H18N2O2/c1-12-6-7-18(10-12)16(19)20-11-13-8-14-4-2-3-5-15(14)17-9-13/h2-5,8-9,12H,6-7,10-11H2,1H3/t12-/m1/s1. The second-order valence-electron chi connectivity index (χ2n) is 5.43. The maximum atomic E-state index is 11.9. The van der Waals surface area contributed by atoms with Gasteiger partial charge in [0.15, 0.2) is 0 Å². The fourth-order valence-corrected chi connectivity index (χ4v) is 2.53. The third kappa shape index (κ3) is 2.74. The molecular formula is C16H18N2O2. The Kier molecular flexibility index (Phi) is 3.54. The number of amides is 1. The Morgan fingerprint density at radius 3 is 3.10 bits per heavy atom. The fraction of sp³-hybridized carbons (Fsp3) is 0.375. The molecule has 0 unspecified atom stereocenters. The monoisotopic (exact) mass is 270 g/mol. The Bertz CT molecular complexity index is 627. The minimum atomic E-state index is -0.220. The summed E-state index contributed by atoms with van der Waals surface area (Å²) in [6, 6.07) is 9.93. The first-order valence-corrected chi connectivity index (χ1v) is 6.98. The number of aromatic nitrogens is 1. The number of hydrogen-bond donors (Lipinski definition) is 0. The average Bonchev–Trinajstić information content (AvgIpc) is 2.91. The highest BCUT2D eigenvalue weighted by molar-refractivity contribution is 5.78. The van der Waals surface area contributed by atoms with Crippen LogP contribution in [-0.2, 0) is 11.3 Å². The molecule has 2 heterocycles. The Balaban J connectivity index is 1.63. The van der Waals surface area contributed by atoms with Crippen molar-refractivity contribution in [1.82, 2.24) is 9.88 Å². The summed E-state index contributed by atoms with van der Waals surface area (Å²) in [5.41, 5.74) is 1.88. The Morgan fingerprint density at radius 1 is 1.45 bits per heavy atom. The van der Waals surface area contributed by atoms with Gasteiger partial charge in [-0.15, -0.1) is 0 Å². The highest BCUT2D eigenvalue weighted by Gasteiger charge is 2.24. The van der Waals surface area contributed by atoms with E-state index in [1.807, 2.05) is 30.3 Å². The average molecular weight is 270 g/mol. The van der Waals surface area contributed by atoms with E-state index in [1.54, 1.807) is 11.1 Å². The van der Waals surface area contributed by atoms with Crippen LogP contribution < -0.4 is 0 Å². The maximum absolute atomic E-state index is 11.9. The van der Waals surface area contributed by atoms with E-state index in [9.17, 15) is 4.79 Å². The normalized spacial score (nSPS) is 18.4. The molecule has 20 heavy (non-hydrogen) atoms. The van der Waals surface area contributed by atoms with Crippen LogP contribution in [0.5, 0.6) is 0 Å². The minimum Gasteiger partial charge on any atom is -0.444 e. The molecule has 4 heteroatoms. The molecule has 1 aliphatic heterocycles. The summed E-state index contributed by atoms with van der Waals surface area (Å²) in [7, 11) is 0. The van der Waals surface area contributed by atoms with Crippen LogP contribution in [0.15, 0.2) is 36.5 Å². The number of fused-ring (bicyclic) bond motifs is 1. The predicted octanol–water partition coefficient (Wildman–Crippen LogP) is 3.21. The molecule has 1 aliphatic rings. The van der Waals surface area contributed by atoms with E-state index in [0.717, 1.165) is 36.0 Å². The van der Waals surface area contributed by atoms with Crippen molar-refractivity contribution < 1.29 is 9.53 Å². The molecule has 1 atom stereocenters. The summed E-state index contributed by atoms with van der Waals surface area (Å²) >= 11 is 0. The second kappa shape index (κ2) is 5.49. The van der Waals surface area contributed by atoms with E-state index >= 15 is 0 Å². The molecule has 0 N–H and O–H groups in total. The largest absolute Gasteiger partial charge is 0.444 e. The van der Waals surface area contributed by atoms with E-state index in [2.05, 4.69) is 11.9 Å². The van der Waals surface area contributed by atoms with Gasteiger partial charge in [0.05, 0.1) is 5.52 Å². The van der Waals surface area contributed by atoms with Crippen LogP contribution in [0.1, 0.15) is 18.9 Å². The van der Waals surface area contributed by atoms with Gasteiger partial charge in [-0.25, -0.2) is 4.79 Å². The van der Waals surface area contributed by atoms with Gasteiger partial charge in [-0.3, -0.25) is 4.98 Å². The van der Waals surface area contributed by atoms with Crippen molar-refractivity contribution in [1.29, 1.82) is 0 Å². The molecular weight excluding hydrogens is 252 g/mol. The van der Waals surface area contributed by atoms with Gasteiger partial charge in [0.1, 0.15) is 6.61 Å². The van der Waals surface area contributed by atoms with Crippen molar-refractivity contribution in [2.45, 2.75) is 20.0 Å². The Labute approximate surface area is 118 Å². The molecule has 0 aliphatic carbocycles. The highest BCUT2D eigenvalue weighted by atomic mass is 16.6. The summed E-state index contributed by atoms with van der Waals surface area (Å²) < 4.78 is 5.36. The summed E-state index contributed by atoms with van der Waals surface area (Å²) in [4.78, 5) is 18.1. The second-order valence-corrected chi connectivity index (χ2v) is 5.43. The van der Waals surface area contributed by atoms with Crippen molar-refractivity contribution in [3.8, 4) is 0 Å². The van der Waals surface area contributed by atoms with Crippen molar-refractivity contribution in [2.24, 2.45) is 5.92 Å². The number of para-hydroxylation sites is 1. The zero-order valence-electron chi connectivity index (χ0n) is 11.6. The molecule has 0 radical (unpaired) electrons. The van der Waals surface area contributed by atoms with E-state index in [4.69, 9.17) is 4.74 Å². The third-order valence-corrected chi connectivity index (χ3v) is 3.69. The molecule has 1 amide bonds. The highest BCUT2D eigenvalue weighted by Crippen LogP contribution is 2.17. The Morgan fingerprint density at radius 2 is 2.30 bits per heavy atom. The summed E-state index contributed by atoms with van der Waals surface area (Å²) in [6.45, 7) is 4.03. The van der Waals surface area contributed by atoms with Crippen LogP contribution >= 0.6 is 0 Å². The molecule has 1 saturated heterocycles. The van der Waals surface area contributed by atoms with Gasteiger partial charge in [0.2, 0.25) is 0 Å². The number of nitrogens with zero attached hydrogens (tertiary/aromatic N) is 2. The minimum absolute atomic E-state index is 0.220. The first kappa shape index (κ1) is 12.9. The zero-order valence-corrected chi connectivity index (χ0v) is 11.6. The smallest absolute Gasteiger partial charge is 0.410 e. The fourth-order valence-electron chi connectivity index (χ4n) is 2.53. The summed E-state index contributed by atoms with van der Waals surface area (Å²) in [5, 5.41) is 1.07. The lowest BCUT2D eigenvalue weighted by Crippen LogP contribution is -2.29. The van der Waals surface area contributed by atoms with Crippen LogP contribution in [0.25, 0.3) is 10.9 Å². The van der Waals surface area contributed by atoms with Crippen molar-refractivity contribution >= 4 is 17.0 Å². The number of rotatable bonds is 2. The first-order valence-electron chi connectivity index (χ1n) is 6.98. The number of pyridine rings is 1. The quantitative estimate of drug-likeness (QED) is 0.841. The van der Waals surface area contributed by atoms with Gasteiger partial charge in [-0.2, -0.15) is 0 Å². The molecule has 1 fully saturated rings. The van der Waals surface area contributed by atoms with Crippen LogP contribution in [0, 0.1) is 5.92 Å². The van der Waals surface area contributed by atoms with Gasteiger partial charge in [0.25, 0.3) is 0 Å². The molecule has 104 valence electrons. The molecule has 0 spiro atoms. The lowest BCUT2D eigenvalue weighted by atomic mass is 10.2. The van der Waals surface area contributed by atoms with Gasteiger partial charge >= 0.3 is 6.09 Å². The number of carbonyl (C=O) groups is 1. The van der Waals surface area contributed by atoms with Crippen LogP contribution in [0.4, 0.5) is 4.79 Å². The van der Waals surface area contributed by atoms with Crippen molar-refractivity contribution in [3.05, 3.63) is 42.1 Å². The number of likely N-dealkylation sites (tertiary alicyclic amines) is 1. The lowest BCUT2D eigenvalue weighted by Gasteiger charge is -2.15. The van der Waals surface area contributed by atoms with Gasteiger partial charge in [-0.05, 0) is 24.5 Å². The van der Waals surface area contributed by atoms with Crippen molar-refractivity contribution in [3.63, 3.8) is 0 Å². The predicted molar refractivity (Wildman–Crippen MR) is 77.3 cm³/mol. The van der Waals surface area contributed by atoms with E-state index in [-0.39, 0.29) is 12.7 Å². The number of hydrogen-bond acceptors (Lipinski definition) is 3. The summed E-state index contributed by atoms with van der Waals surface area (Å²) in [5.74, 6) is 0.574. The van der Waals surface area contributed by atoms with Gasteiger partial charge in [0, 0.05) is 30.2 Å². The van der Waals surface area contributed by atoms with E-state index < -0.39 is 0 Å². The molecule has 3 rings (SSSR count). The third-order valence-electron chi connectivity index (χ3n) is 3.69. The first-order chi connectivity index (χ1) is 9.72. The molecule has 0 bridgehead atoms. The Hall–Kier alpha value is -2.10. The molecule has 0 saturated carbocycles. The summed E-state index contributed by atoms with van der Waals surface area (Å²) in [6.07, 6.45) is 2.61. The molecule has 1 aromatic carbocycles. The van der Waals surface area contributed by atoms with Gasteiger partial charge in [-0.1, -0.05) is 25.1 Å². The van der Waals surface area contributed by atoms with E-state index in [0.29, 0.717) is 5.92 Å². The van der Waals surface area contributed by atoms with Gasteiger partial charge < -0.3 is 9.64 Å². The van der Waals surface area contributed by atoms with Crippen molar-refractivity contribution in [2.75, 3.05) is 13.1 Å². The van der Waals surface area contributed by atoms with E-state index in [1.165, 1.54) is 0 Å². The topological polar surface area (TPSA) is 42.4 Å². The number of carbonyl (C=O) groups excluding carboxylic acids is 1. The molecule has 1 aromatic heterocycles. The number of ether oxygens (including phenoxy) is 1.